The minimum Gasteiger partial charge on any atom is -0.490 e. The minimum atomic E-state index is 0.445. The van der Waals surface area contributed by atoms with Gasteiger partial charge in [0.1, 0.15) is 0 Å². The molecule has 0 aliphatic carbocycles. The monoisotopic (exact) mass is 270 g/mol. The van der Waals surface area contributed by atoms with Crippen molar-refractivity contribution in [2.24, 2.45) is 0 Å². The number of aromatic nitrogens is 2. The van der Waals surface area contributed by atoms with Crippen molar-refractivity contribution in [3.63, 3.8) is 0 Å². The lowest BCUT2D eigenvalue weighted by Crippen LogP contribution is -2.15. The first-order valence-corrected chi connectivity index (χ1v) is 6.68. The number of anilines is 2. The van der Waals surface area contributed by atoms with Gasteiger partial charge in [-0.25, -0.2) is 4.98 Å². The molecule has 2 aromatic rings. The van der Waals surface area contributed by atoms with Crippen LogP contribution in [0, 0.1) is 6.92 Å². The maximum Gasteiger partial charge on any atom is 0.197 e. The topological polar surface area (TPSA) is 64.3 Å². The van der Waals surface area contributed by atoms with Gasteiger partial charge >= 0.3 is 0 Å². The highest BCUT2D eigenvalue weighted by Gasteiger charge is 2.17. The fourth-order valence-electron chi connectivity index (χ4n) is 1.48. The molecule has 0 aliphatic rings. The van der Waals surface area contributed by atoms with E-state index < -0.39 is 0 Å². The lowest BCUT2D eigenvalue weighted by Gasteiger charge is -2.17. The van der Waals surface area contributed by atoms with E-state index in [1.54, 1.807) is 18.4 Å². The number of ether oxygens (including phenoxy) is 1. The highest BCUT2D eigenvalue weighted by atomic mass is 32.1. The Kier molecular flexibility index (Phi) is 3.49. The zero-order chi connectivity index (χ0) is 12.4. The molecule has 0 spiro atoms. The maximum atomic E-state index is 5.73. The van der Waals surface area contributed by atoms with Crippen molar-refractivity contribution in [3.05, 3.63) is 16.1 Å². The Bertz CT molecular complexity index is 508. The summed E-state index contributed by atoms with van der Waals surface area (Å²) in [5.41, 5.74) is 8.66. The van der Waals surface area contributed by atoms with Gasteiger partial charge in [-0.3, -0.25) is 0 Å². The van der Waals surface area contributed by atoms with Crippen LogP contribution >= 0.6 is 22.9 Å². The predicted octanol–water partition coefficient (Wildman–Crippen LogP) is 2.14. The van der Waals surface area contributed by atoms with Gasteiger partial charge in [0, 0.05) is 11.9 Å². The number of aryl methyl sites for hydroxylation is 1. The van der Waals surface area contributed by atoms with E-state index in [9.17, 15) is 0 Å². The number of hydrogen-bond acceptors (Lipinski definition) is 7. The van der Waals surface area contributed by atoms with Crippen LogP contribution in [0.25, 0.3) is 0 Å². The van der Waals surface area contributed by atoms with Crippen molar-refractivity contribution in [1.29, 1.82) is 0 Å². The predicted molar refractivity (Wildman–Crippen MR) is 72.0 cm³/mol. The van der Waals surface area contributed by atoms with Crippen molar-refractivity contribution in [1.82, 2.24) is 9.36 Å². The Hall–Kier alpha value is -1.34. The number of nitrogens with two attached hydrogens (primary N) is 1. The number of nitrogen functional groups attached to an aromatic ring is 1. The van der Waals surface area contributed by atoms with Crippen molar-refractivity contribution < 1.29 is 4.74 Å². The highest BCUT2D eigenvalue weighted by molar-refractivity contribution is 7.11. The van der Waals surface area contributed by atoms with E-state index in [0.717, 1.165) is 17.2 Å². The normalized spacial score (nSPS) is 10.5. The summed E-state index contributed by atoms with van der Waals surface area (Å²) in [6, 6.07) is 0. The van der Waals surface area contributed by atoms with Gasteiger partial charge in [0.25, 0.3) is 0 Å². The molecule has 0 aliphatic heterocycles. The van der Waals surface area contributed by atoms with E-state index in [-0.39, 0.29) is 0 Å². The second-order valence-electron chi connectivity index (χ2n) is 3.62. The van der Waals surface area contributed by atoms with Gasteiger partial charge in [-0.1, -0.05) is 0 Å². The Morgan fingerprint density at radius 2 is 2.29 bits per heavy atom. The van der Waals surface area contributed by atoms with Gasteiger partial charge < -0.3 is 15.4 Å². The van der Waals surface area contributed by atoms with E-state index in [1.165, 1.54) is 16.4 Å². The van der Waals surface area contributed by atoms with Crippen molar-refractivity contribution in [2.45, 2.75) is 13.5 Å². The van der Waals surface area contributed by atoms with Gasteiger partial charge in [0.2, 0.25) is 0 Å². The zero-order valence-corrected chi connectivity index (χ0v) is 11.6. The SMILES string of the molecule is COc1c(N)nsc1N(C)Cc1scnc1C. The number of hydrogen-bond donors (Lipinski definition) is 1. The minimum absolute atomic E-state index is 0.445. The molecule has 2 aromatic heterocycles. The van der Waals surface area contributed by atoms with Gasteiger partial charge in [-0.15, -0.1) is 11.3 Å². The molecule has 2 rings (SSSR count). The molecule has 0 saturated heterocycles. The first-order chi connectivity index (χ1) is 8.13. The number of nitrogens with zero attached hydrogens (tertiary/aromatic N) is 3. The first-order valence-electron chi connectivity index (χ1n) is 5.02. The van der Waals surface area contributed by atoms with Crippen LogP contribution < -0.4 is 15.4 Å². The number of rotatable bonds is 4. The number of methoxy groups -OCH3 is 1. The van der Waals surface area contributed by atoms with Crippen molar-refractivity contribution in [2.75, 3.05) is 24.8 Å². The first kappa shape index (κ1) is 12.1. The van der Waals surface area contributed by atoms with E-state index >= 15 is 0 Å². The fraction of sp³-hybridized carbons (Fsp3) is 0.400. The lowest BCUT2D eigenvalue weighted by molar-refractivity contribution is 0.418. The van der Waals surface area contributed by atoms with Crippen LogP contribution in [0.5, 0.6) is 5.75 Å². The third kappa shape index (κ3) is 2.34. The fourth-order valence-corrected chi connectivity index (χ4v) is 3.06. The number of thiazole rings is 1. The molecular formula is C10H14N4OS2. The third-order valence-corrected chi connectivity index (χ3v) is 4.31. The molecule has 0 unspecified atom stereocenters. The summed E-state index contributed by atoms with van der Waals surface area (Å²) in [6.45, 7) is 2.80. The van der Waals surface area contributed by atoms with Crippen LogP contribution in [-0.2, 0) is 6.54 Å². The van der Waals surface area contributed by atoms with Crippen LogP contribution in [0.3, 0.4) is 0 Å². The summed E-state index contributed by atoms with van der Waals surface area (Å²) in [7, 11) is 3.60. The van der Waals surface area contributed by atoms with E-state index in [1.807, 2.05) is 19.5 Å². The van der Waals surface area contributed by atoms with Crippen LogP contribution in [0.1, 0.15) is 10.6 Å². The molecule has 2 N–H and O–H groups in total. The molecule has 5 nitrogen and oxygen atoms in total. The molecular weight excluding hydrogens is 256 g/mol. The van der Waals surface area contributed by atoms with Gasteiger partial charge in [0.15, 0.2) is 16.6 Å². The average molecular weight is 270 g/mol. The summed E-state index contributed by atoms with van der Waals surface area (Å²) in [6.07, 6.45) is 0. The molecule has 7 heteroatoms. The molecule has 0 amide bonds. The van der Waals surface area contributed by atoms with Gasteiger partial charge in [0.05, 0.1) is 24.9 Å². The van der Waals surface area contributed by atoms with Crippen LogP contribution in [0.4, 0.5) is 10.8 Å². The summed E-state index contributed by atoms with van der Waals surface area (Å²) >= 11 is 3.00. The highest BCUT2D eigenvalue weighted by Crippen LogP contribution is 2.38. The second-order valence-corrected chi connectivity index (χ2v) is 5.31. The molecule has 17 heavy (non-hydrogen) atoms. The Morgan fingerprint density at radius 1 is 1.53 bits per heavy atom. The van der Waals surface area contributed by atoms with E-state index in [0.29, 0.717) is 11.6 Å². The molecule has 0 saturated carbocycles. The Morgan fingerprint density at radius 3 is 2.88 bits per heavy atom. The Labute approximate surface area is 108 Å². The standard InChI is InChI=1S/C10H14N4OS2/c1-6-7(16-5-12-6)4-14(2)10-8(15-3)9(11)13-17-10/h5H,4H2,1-3H3,(H2,11,13). The Balaban J connectivity index is 2.20. The van der Waals surface area contributed by atoms with Crippen LogP contribution in [-0.4, -0.2) is 23.5 Å². The zero-order valence-electron chi connectivity index (χ0n) is 9.93. The van der Waals surface area contributed by atoms with Gasteiger partial charge in [-0.05, 0) is 18.5 Å². The maximum absolute atomic E-state index is 5.73. The summed E-state index contributed by atoms with van der Waals surface area (Å²) < 4.78 is 9.36. The molecule has 0 bridgehead atoms. The largest absolute Gasteiger partial charge is 0.490 e. The molecule has 92 valence electrons. The van der Waals surface area contributed by atoms with Crippen molar-refractivity contribution >= 4 is 33.7 Å². The smallest absolute Gasteiger partial charge is 0.197 e. The average Bonchev–Trinajstić information content (AvgIpc) is 2.86. The van der Waals surface area contributed by atoms with E-state index in [2.05, 4.69) is 14.3 Å². The van der Waals surface area contributed by atoms with Gasteiger partial charge in [-0.2, -0.15) is 4.37 Å². The molecule has 0 radical (unpaired) electrons. The van der Waals surface area contributed by atoms with Crippen LogP contribution in [0.2, 0.25) is 0 Å². The molecule has 2 heterocycles. The third-order valence-electron chi connectivity index (χ3n) is 2.43. The van der Waals surface area contributed by atoms with Crippen LogP contribution in [0.15, 0.2) is 5.51 Å². The summed E-state index contributed by atoms with van der Waals surface area (Å²) in [5.74, 6) is 1.10. The molecule has 0 atom stereocenters. The lowest BCUT2D eigenvalue weighted by atomic mass is 10.3. The van der Waals surface area contributed by atoms with Crippen molar-refractivity contribution in [3.8, 4) is 5.75 Å². The second kappa shape index (κ2) is 4.89. The quantitative estimate of drug-likeness (QED) is 0.922. The summed E-state index contributed by atoms with van der Waals surface area (Å²) in [5, 5.41) is 0.942. The van der Waals surface area contributed by atoms with E-state index in [4.69, 9.17) is 10.5 Å². The summed E-state index contributed by atoms with van der Waals surface area (Å²) in [4.78, 5) is 7.55. The molecule has 0 aromatic carbocycles. The molecule has 0 fully saturated rings.